The van der Waals surface area contributed by atoms with Gasteiger partial charge < -0.3 is 15.2 Å². The molecule has 0 aliphatic carbocycles. The molecule has 0 unspecified atom stereocenters. The molecular formula is C11H12N4O2. The van der Waals surface area contributed by atoms with E-state index >= 15 is 0 Å². The number of aromatic nitrogens is 3. The van der Waals surface area contributed by atoms with Crippen molar-refractivity contribution >= 4 is 0 Å². The lowest BCUT2D eigenvalue weighted by molar-refractivity contribution is 0.171. The third kappa shape index (κ3) is 1.72. The van der Waals surface area contributed by atoms with Crippen molar-refractivity contribution in [2.45, 2.75) is 6.54 Å². The molecule has 0 saturated heterocycles. The van der Waals surface area contributed by atoms with E-state index in [4.69, 9.17) is 15.2 Å². The summed E-state index contributed by atoms with van der Waals surface area (Å²) in [4.78, 5) is 0. The maximum atomic E-state index is 5.59. The monoisotopic (exact) mass is 232 g/mol. The van der Waals surface area contributed by atoms with Crippen LogP contribution in [0.3, 0.4) is 0 Å². The summed E-state index contributed by atoms with van der Waals surface area (Å²) >= 11 is 0. The summed E-state index contributed by atoms with van der Waals surface area (Å²) in [7, 11) is 0. The Morgan fingerprint density at radius 2 is 2.06 bits per heavy atom. The van der Waals surface area contributed by atoms with Crippen LogP contribution in [0.15, 0.2) is 24.5 Å². The number of nitrogens with zero attached hydrogens (tertiary/aromatic N) is 3. The van der Waals surface area contributed by atoms with Gasteiger partial charge in [0.05, 0.1) is 12.2 Å². The minimum absolute atomic E-state index is 0.342. The van der Waals surface area contributed by atoms with E-state index in [0.717, 1.165) is 17.2 Å². The van der Waals surface area contributed by atoms with Crippen molar-refractivity contribution in [2.24, 2.45) is 5.73 Å². The van der Waals surface area contributed by atoms with Crippen molar-refractivity contribution in [3.05, 3.63) is 30.4 Å². The van der Waals surface area contributed by atoms with Crippen LogP contribution >= 0.6 is 0 Å². The molecular weight excluding hydrogens is 220 g/mol. The van der Waals surface area contributed by atoms with E-state index in [9.17, 15) is 0 Å². The Bertz CT molecular complexity index is 538. The zero-order valence-corrected chi connectivity index (χ0v) is 9.17. The van der Waals surface area contributed by atoms with Gasteiger partial charge in [-0.3, -0.25) is 4.57 Å². The molecule has 6 heteroatoms. The summed E-state index contributed by atoms with van der Waals surface area (Å²) in [5.41, 5.74) is 6.51. The van der Waals surface area contributed by atoms with Gasteiger partial charge in [-0.2, -0.15) is 0 Å². The molecule has 1 aromatic carbocycles. The lowest BCUT2D eigenvalue weighted by Crippen LogP contribution is -2.15. The highest BCUT2D eigenvalue weighted by Crippen LogP contribution is 2.32. The fourth-order valence-corrected chi connectivity index (χ4v) is 1.80. The predicted octanol–water partition coefficient (Wildman–Crippen LogP) is 0.497. The number of ether oxygens (including phenoxy) is 2. The van der Waals surface area contributed by atoms with Crippen LogP contribution in [0, 0.1) is 0 Å². The van der Waals surface area contributed by atoms with Gasteiger partial charge in [-0.05, 0) is 12.1 Å². The first kappa shape index (κ1) is 10.1. The predicted molar refractivity (Wildman–Crippen MR) is 60.2 cm³/mol. The van der Waals surface area contributed by atoms with Crippen molar-refractivity contribution in [3.63, 3.8) is 0 Å². The third-order valence-electron chi connectivity index (χ3n) is 2.60. The maximum absolute atomic E-state index is 5.59. The van der Waals surface area contributed by atoms with Crippen LogP contribution in [0.5, 0.6) is 11.5 Å². The molecule has 0 radical (unpaired) electrons. The standard InChI is InChI=1S/C11H12N4O2/c12-6-11-14-13-7-15(11)8-1-2-9-10(5-8)17-4-3-16-9/h1-2,5,7H,3-4,6,12H2. The van der Waals surface area contributed by atoms with Gasteiger partial charge in [0.15, 0.2) is 17.3 Å². The smallest absolute Gasteiger partial charge is 0.163 e. The van der Waals surface area contributed by atoms with Gasteiger partial charge >= 0.3 is 0 Å². The Labute approximate surface area is 98.0 Å². The highest BCUT2D eigenvalue weighted by Gasteiger charge is 2.13. The molecule has 2 heterocycles. The zero-order valence-electron chi connectivity index (χ0n) is 9.17. The summed E-state index contributed by atoms with van der Waals surface area (Å²) in [5.74, 6) is 2.22. The van der Waals surface area contributed by atoms with Gasteiger partial charge in [0.1, 0.15) is 19.5 Å². The van der Waals surface area contributed by atoms with Gasteiger partial charge in [-0.25, -0.2) is 0 Å². The molecule has 17 heavy (non-hydrogen) atoms. The maximum Gasteiger partial charge on any atom is 0.163 e. The Balaban J connectivity index is 2.04. The van der Waals surface area contributed by atoms with E-state index in [1.807, 2.05) is 22.8 Å². The summed E-state index contributed by atoms with van der Waals surface area (Å²) in [6, 6.07) is 5.71. The Kier molecular flexibility index (Phi) is 2.41. The number of hydrogen-bond acceptors (Lipinski definition) is 5. The van der Waals surface area contributed by atoms with Gasteiger partial charge in [-0.15, -0.1) is 10.2 Å². The molecule has 6 nitrogen and oxygen atoms in total. The number of benzene rings is 1. The van der Waals surface area contributed by atoms with Crippen LogP contribution in [-0.4, -0.2) is 28.0 Å². The lowest BCUT2D eigenvalue weighted by Gasteiger charge is -2.19. The van der Waals surface area contributed by atoms with Crippen LogP contribution < -0.4 is 15.2 Å². The van der Waals surface area contributed by atoms with Crippen molar-refractivity contribution in [1.29, 1.82) is 0 Å². The van der Waals surface area contributed by atoms with Gasteiger partial charge in [0.2, 0.25) is 0 Å². The Morgan fingerprint density at radius 1 is 1.24 bits per heavy atom. The van der Waals surface area contributed by atoms with Gasteiger partial charge in [0.25, 0.3) is 0 Å². The molecule has 0 saturated carbocycles. The van der Waals surface area contributed by atoms with Gasteiger partial charge in [0, 0.05) is 6.07 Å². The minimum atomic E-state index is 0.342. The Hall–Kier alpha value is -2.08. The van der Waals surface area contributed by atoms with Crippen LogP contribution in [-0.2, 0) is 6.54 Å². The average molecular weight is 232 g/mol. The molecule has 2 N–H and O–H groups in total. The van der Waals surface area contributed by atoms with E-state index in [2.05, 4.69) is 10.2 Å². The van der Waals surface area contributed by atoms with Crippen molar-refractivity contribution in [1.82, 2.24) is 14.8 Å². The second-order valence-corrected chi connectivity index (χ2v) is 3.65. The quantitative estimate of drug-likeness (QED) is 0.815. The first-order valence-electron chi connectivity index (χ1n) is 5.37. The second-order valence-electron chi connectivity index (χ2n) is 3.65. The van der Waals surface area contributed by atoms with Crippen LogP contribution in [0.2, 0.25) is 0 Å². The largest absolute Gasteiger partial charge is 0.486 e. The van der Waals surface area contributed by atoms with Crippen LogP contribution in [0.1, 0.15) is 5.82 Å². The number of nitrogens with two attached hydrogens (primary N) is 1. The molecule has 1 aromatic heterocycles. The molecule has 0 atom stereocenters. The molecule has 1 aliphatic rings. The fourth-order valence-electron chi connectivity index (χ4n) is 1.80. The second kappa shape index (κ2) is 4.06. The number of fused-ring (bicyclic) bond motifs is 1. The molecule has 1 aliphatic heterocycles. The van der Waals surface area contributed by atoms with Crippen molar-refractivity contribution in [3.8, 4) is 17.2 Å². The molecule has 0 amide bonds. The topological polar surface area (TPSA) is 75.2 Å². The highest BCUT2D eigenvalue weighted by molar-refractivity contribution is 5.49. The minimum Gasteiger partial charge on any atom is -0.486 e. The van der Waals surface area contributed by atoms with E-state index in [1.54, 1.807) is 6.33 Å². The van der Waals surface area contributed by atoms with E-state index in [0.29, 0.717) is 25.6 Å². The molecule has 3 rings (SSSR count). The summed E-state index contributed by atoms with van der Waals surface area (Å²) in [6.07, 6.45) is 1.63. The normalized spacial score (nSPS) is 13.7. The van der Waals surface area contributed by atoms with Crippen LogP contribution in [0.4, 0.5) is 0 Å². The molecule has 0 spiro atoms. The van der Waals surface area contributed by atoms with Crippen molar-refractivity contribution in [2.75, 3.05) is 13.2 Å². The Morgan fingerprint density at radius 3 is 2.88 bits per heavy atom. The summed E-state index contributed by atoms with van der Waals surface area (Å²) in [5, 5.41) is 7.78. The number of hydrogen-bond donors (Lipinski definition) is 1. The van der Waals surface area contributed by atoms with E-state index in [1.165, 1.54) is 0 Å². The lowest BCUT2D eigenvalue weighted by atomic mass is 10.2. The zero-order chi connectivity index (χ0) is 11.7. The molecule has 0 bridgehead atoms. The first-order valence-corrected chi connectivity index (χ1v) is 5.37. The summed E-state index contributed by atoms with van der Waals surface area (Å²) < 4.78 is 12.8. The molecule has 2 aromatic rings. The molecule has 88 valence electrons. The number of rotatable bonds is 2. The van der Waals surface area contributed by atoms with E-state index < -0.39 is 0 Å². The third-order valence-corrected chi connectivity index (χ3v) is 2.60. The molecule has 0 fully saturated rings. The van der Waals surface area contributed by atoms with Crippen molar-refractivity contribution < 1.29 is 9.47 Å². The van der Waals surface area contributed by atoms with Crippen LogP contribution in [0.25, 0.3) is 5.69 Å². The summed E-state index contributed by atoms with van der Waals surface area (Å²) in [6.45, 7) is 1.50. The first-order chi connectivity index (χ1) is 8.38. The fraction of sp³-hybridized carbons (Fsp3) is 0.273. The highest BCUT2D eigenvalue weighted by atomic mass is 16.6. The average Bonchev–Trinajstić information content (AvgIpc) is 2.86. The van der Waals surface area contributed by atoms with E-state index in [-0.39, 0.29) is 0 Å². The van der Waals surface area contributed by atoms with Gasteiger partial charge in [-0.1, -0.05) is 0 Å². The SMILES string of the molecule is NCc1nncn1-c1ccc2c(c1)OCCO2.